The fraction of sp³-hybridized carbons (Fsp3) is 0.294. The van der Waals surface area contributed by atoms with E-state index in [0.717, 1.165) is 23.4 Å². The van der Waals surface area contributed by atoms with E-state index in [2.05, 4.69) is 34.5 Å². The van der Waals surface area contributed by atoms with Crippen molar-refractivity contribution in [3.63, 3.8) is 0 Å². The molecular weight excluding hydrogens is 360 g/mol. The van der Waals surface area contributed by atoms with Crippen molar-refractivity contribution < 1.29 is 9.32 Å². The van der Waals surface area contributed by atoms with Crippen LogP contribution in [-0.4, -0.2) is 21.3 Å². The minimum absolute atomic E-state index is 0.184. The minimum Gasteiger partial charge on any atom is -0.355 e. The number of amides is 1. The van der Waals surface area contributed by atoms with Crippen molar-refractivity contribution in [2.24, 2.45) is 0 Å². The van der Waals surface area contributed by atoms with E-state index >= 15 is 0 Å². The summed E-state index contributed by atoms with van der Waals surface area (Å²) in [7, 11) is 0. The average Bonchev–Trinajstić information content (AvgIpc) is 3.27. The summed E-state index contributed by atoms with van der Waals surface area (Å²) in [5.41, 5.74) is 0.979. The fourth-order valence-electron chi connectivity index (χ4n) is 2.38. The van der Waals surface area contributed by atoms with Crippen molar-refractivity contribution in [1.29, 1.82) is 0 Å². The van der Waals surface area contributed by atoms with Gasteiger partial charge in [-0.3, -0.25) is 10.1 Å². The van der Waals surface area contributed by atoms with E-state index in [4.69, 9.17) is 16.1 Å². The highest BCUT2D eigenvalue weighted by molar-refractivity contribution is 7.15. The molecule has 0 saturated heterocycles. The van der Waals surface area contributed by atoms with Crippen LogP contribution in [0.15, 0.2) is 34.9 Å². The fourth-order valence-corrected chi connectivity index (χ4v) is 3.51. The Morgan fingerprint density at radius 3 is 2.64 bits per heavy atom. The maximum atomic E-state index is 12.3. The van der Waals surface area contributed by atoms with Crippen molar-refractivity contribution in [1.82, 2.24) is 15.4 Å². The highest BCUT2D eigenvalue weighted by Crippen LogP contribution is 2.28. The molecule has 0 radical (unpaired) electrons. The molecule has 0 spiro atoms. The number of aromatic nitrogens is 3. The van der Waals surface area contributed by atoms with Gasteiger partial charge < -0.3 is 4.52 Å². The van der Waals surface area contributed by atoms with E-state index in [1.807, 2.05) is 0 Å². The molecule has 0 fully saturated rings. The van der Waals surface area contributed by atoms with Crippen LogP contribution in [0.5, 0.6) is 0 Å². The molecule has 3 aromatic rings. The zero-order valence-corrected chi connectivity index (χ0v) is 15.4. The maximum Gasteiger partial charge on any atom is 0.279 e. The first-order valence-corrected chi connectivity index (χ1v) is 9.17. The predicted molar refractivity (Wildman–Crippen MR) is 98.1 cm³/mol. The van der Waals surface area contributed by atoms with Crippen LogP contribution >= 0.6 is 22.9 Å². The standard InChI is InChI=1S/C17H17ClN4O2S/c1-3-10(4-2)16-20-21-17(25-16)19-15(23)13-9-14(24-22-13)11-5-7-12(18)8-6-11/h5-10H,3-4H2,1-2H3,(H,19,21,23). The summed E-state index contributed by atoms with van der Waals surface area (Å²) in [6.07, 6.45) is 1.99. The monoisotopic (exact) mass is 376 g/mol. The lowest BCUT2D eigenvalue weighted by Gasteiger charge is -2.05. The second kappa shape index (κ2) is 7.76. The van der Waals surface area contributed by atoms with Gasteiger partial charge in [-0.1, -0.05) is 41.9 Å². The summed E-state index contributed by atoms with van der Waals surface area (Å²) in [5.74, 6) is 0.486. The summed E-state index contributed by atoms with van der Waals surface area (Å²) in [6, 6.07) is 8.69. The Labute approximate surface area is 154 Å². The molecule has 1 N–H and O–H groups in total. The normalized spacial score (nSPS) is 11.0. The highest BCUT2D eigenvalue weighted by atomic mass is 35.5. The molecule has 3 rings (SSSR count). The van der Waals surface area contributed by atoms with Gasteiger partial charge in [0.2, 0.25) is 5.13 Å². The third-order valence-electron chi connectivity index (χ3n) is 3.87. The number of carbonyl (C=O) groups is 1. The Balaban J connectivity index is 1.71. The molecule has 0 aliphatic rings. The van der Waals surface area contributed by atoms with Crippen LogP contribution in [0.25, 0.3) is 11.3 Å². The molecule has 1 aromatic carbocycles. The average molecular weight is 377 g/mol. The molecule has 0 saturated carbocycles. The van der Waals surface area contributed by atoms with E-state index in [1.165, 1.54) is 11.3 Å². The lowest BCUT2D eigenvalue weighted by Crippen LogP contribution is -2.11. The molecular formula is C17H17ClN4O2S. The number of nitrogens with one attached hydrogen (secondary N) is 1. The first kappa shape index (κ1) is 17.6. The molecule has 130 valence electrons. The summed E-state index contributed by atoms with van der Waals surface area (Å²) in [6.45, 7) is 4.23. The maximum absolute atomic E-state index is 12.3. The van der Waals surface area contributed by atoms with Crippen molar-refractivity contribution in [3.05, 3.63) is 46.1 Å². The van der Waals surface area contributed by atoms with Crippen LogP contribution in [0.4, 0.5) is 5.13 Å². The SMILES string of the molecule is CCC(CC)c1nnc(NC(=O)c2cc(-c3ccc(Cl)cc3)on2)s1. The number of hydrogen-bond donors (Lipinski definition) is 1. The van der Waals surface area contributed by atoms with Gasteiger partial charge >= 0.3 is 0 Å². The third-order valence-corrected chi connectivity index (χ3v) is 5.12. The van der Waals surface area contributed by atoms with Gasteiger partial charge in [-0.05, 0) is 37.1 Å². The predicted octanol–water partition coefficient (Wildman–Crippen LogP) is 5.00. The zero-order valence-electron chi connectivity index (χ0n) is 13.8. The molecule has 25 heavy (non-hydrogen) atoms. The van der Waals surface area contributed by atoms with Crippen LogP contribution < -0.4 is 5.32 Å². The second-order valence-electron chi connectivity index (χ2n) is 5.50. The Morgan fingerprint density at radius 2 is 1.96 bits per heavy atom. The van der Waals surface area contributed by atoms with Gasteiger partial charge in [0.05, 0.1) is 0 Å². The Hall–Kier alpha value is -2.25. The highest BCUT2D eigenvalue weighted by Gasteiger charge is 2.18. The number of carbonyl (C=O) groups excluding carboxylic acids is 1. The van der Waals surface area contributed by atoms with Gasteiger partial charge in [-0.2, -0.15) is 0 Å². The van der Waals surface area contributed by atoms with E-state index in [9.17, 15) is 4.79 Å². The van der Waals surface area contributed by atoms with Gasteiger partial charge in [-0.15, -0.1) is 10.2 Å². The second-order valence-corrected chi connectivity index (χ2v) is 6.94. The molecule has 0 atom stereocenters. The lowest BCUT2D eigenvalue weighted by molar-refractivity contribution is 0.101. The number of benzene rings is 1. The molecule has 6 nitrogen and oxygen atoms in total. The van der Waals surface area contributed by atoms with Gasteiger partial charge in [0.15, 0.2) is 11.5 Å². The van der Waals surface area contributed by atoms with E-state index in [0.29, 0.717) is 21.8 Å². The van der Waals surface area contributed by atoms with Crippen LogP contribution in [0.2, 0.25) is 5.02 Å². The third kappa shape index (κ3) is 4.05. The van der Waals surface area contributed by atoms with Crippen LogP contribution in [0.3, 0.4) is 0 Å². The van der Waals surface area contributed by atoms with Crippen molar-refractivity contribution in [2.45, 2.75) is 32.6 Å². The van der Waals surface area contributed by atoms with Crippen LogP contribution in [0, 0.1) is 0 Å². The molecule has 8 heteroatoms. The van der Waals surface area contributed by atoms with Gasteiger partial charge in [0.1, 0.15) is 5.01 Å². The summed E-state index contributed by atoms with van der Waals surface area (Å²) < 4.78 is 5.24. The molecule has 0 aliphatic heterocycles. The first-order chi connectivity index (χ1) is 12.1. The summed E-state index contributed by atoms with van der Waals surface area (Å²) >= 11 is 7.26. The van der Waals surface area contributed by atoms with Crippen molar-refractivity contribution >= 4 is 34.0 Å². The van der Waals surface area contributed by atoms with Crippen molar-refractivity contribution in [2.75, 3.05) is 5.32 Å². The Kier molecular flexibility index (Phi) is 5.45. The molecule has 1 amide bonds. The van der Waals surface area contributed by atoms with E-state index in [1.54, 1.807) is 30.3 Å². The molecule has 0 bridgehead atoms. The number of halogens is 1. The minimum atomic E-state index is -0.379. The molecule has 2 heterocycles. The number of hydrogen-bond acceptors (Lipinski definition) is 6. The summed E-state index contributed by atoms with van der Waals surface area (Å²) in [5, 5.41) is 16.8. The number of anilines is 1. The van der Waals surface area contributed by atoms with Gasteiger partial charge in [0.25, 0.3) is 5.91 Å². The van der Waals surface area contributed by atoms with Crippen LogP contribution in [-0.2, 0) is 0 Å². The zero-order chi connectivity index (χ0) is 17.8. The Morgan fingerprint density at radius 1 is 1.24 bits per heavy atom. The topological polar surface area (TPSA) is 80.9 Å². The summed E-state index contributed by atoms with van der Waals surface area (Å²) in [4.78, 5) is 12.3. The quantitative estimate of drug-likeness (QED) is 0.654. The molecule has 2 aromatic heterocycles. The molecule has 0 aliphatic carbocycles. The lowest BCUT2D eigenvalue weighted by atomic mass is 10.1. The van der Waals surface area contributed by atoms with E-state index < -0.39 is 0 Å². The van der Waals surface area contributed by atoms with E-state index in [-0.39, 0.29) is 11.6 Å². The molecule has 0 unspecified atom stereocenters. The largest absolute Gasteiger partial charge is 0.355 e. The number of nitrogens with zero attached hydrogens (tertiary/aromatic N) is 3. The first-order valence-electron chi connectivity index (χ1n) is 7.98. The van der Waals surface area contributed by atoms with Crippen LogP contribution in [0.1, 0.15) is 48.1 Å². The number of rotatable bonds is 6. The smallest absolute Gasteiger partial charge is 0.279 e. The Bertz CT molecular complexity index is 856. The van der Waals surface area contributed by atoms with Gasteiger partial charge in [0, 0.05) is 22.6 Å². The van der Waals surface area contributed by atoms with Gasteiger partial charge in [-0.25, -0.2) is 0 Å². The van der Waals surface area contributed by atoms with Crippen molar-refractivity contribution in [3.8, 4) is 11.3 Å².